The molecular weight excluding hydrogens is 180 g/mol. The SMILES string of the molecule is CCCC(C)CCC(C)CCCC(C)C. The predicted molar refractivity (Wildman–Crippen MR) is 71.2 cm³/mol. The molecule has 0 aromatic heterocycles. The summed E-state index contributed by atoms with van der Waals surface area (Å²) in [5.41, 5.74) is 0. The molecule has 0 aromatic carbocycles. The first-order valence-corrected chi connectivity index (χ1v) is 7.06. The van der Waals surface area contributed by atoms with Gasteiger partial charge in [0.05, 0.1) is 0 Å². The first-order chi connectivity index (χ1) is 7.06. The third-order valence-corrected chi connectivity index (χ3v) is 3.41. The van der Waals surface area contributed by atoms with Crippen LogP contribution < -0.4 is 0 Å². The highest BCUT2D eigenvalue weighted by molar-refractivity contribution is 4.59. The minimum Gasteiger partial charge on any atom is -0.0654 e. The first-order valence-electron chi connectivity index (χ1n) is 7.06. The van der Waals surface area contributed by atoms with Crippen molar-refractivity contribution in [1.29, 1.82) is 0 Å². The molecule has 0 saturated carbocycles. The molecular formula is C15H32. The summed E-state index contributed by atoms with van der Waals surface area (Å²) in [7, 11) is 0. The van der Waals surface area contributed by atoms with Gasteiger partial charge in [-0.2, -0.15) is 0 Å². The van der Waals surface area contributed by atoms with E-state index in [1.165, 1.54) is 44.9 Å². The van der Waals surface area contributed by atoms with Gasteiger partial charge in [0, 0.05) is 0 Å². The third-order valence-electron chi connectivity index (χ3n) is 3.41. The molecule has 2 atom stereocenters. The predicted octanol–water partition coefficient (Wildman–Crippen LogP) is 5.67. The third kappa shape index (κ3) is 10.3. The fraction of sp³-hybridized carbons (Fsp3) is 1.00. The van der Waals surface area contributed by atoms with Crippen molar-refractivity contribution < 1.29 is 0 Å². The van der Waals surface area contributed by atoms with Crippen LogP contribution in [0.1, 0.15) is 79.6 Å². The van der Waals surface area contributed by atoms with Crippen LogP contribution in [0, 0.1) is 17.8 Å². The Morgan fingerprint density at radius 2 is 1.20 bits per heavy atom. The van der Waals surface area contributed by atoms with E-state index in [0.29, 0.717) is 0 Å². The molecule has 0 heterocycles. The lowest BCUT2D eigenvalue weighted by Gasteiger charge is -2.15. The Labute approximate surface area is 97.8 Å². The fourth-order valence-corrected chi connectivity index (χ4v) is 2.23. The second-order valence-electron chi connectivity index (χ2n) is 5.90. The van der Waals surface area contributed by atoms with Crippen molar-refractivity contribution >= 4 is 0 Å². The molecule has 0 amide bonds. The molecule has 0 saturated heterocycles. The van der Waals surface area contributed by atoms with Gasteiger partial charge in [0.15, 0.2) is 0 Å². The Morgan fingerprint density at radius 3 is 1.67 bits per heavy atom. The van der Waals surface area contributed by atoms with Crippen LogP contribution in [0.15, 0.2) is 0 Å². The smallest absolute Gasteiger partial charge is 0.0443 e. The zero-order valence-corrected chi connectivity index (χ0v) is 11.7. The summed E-state index contributed by atoms with van der Waals surface area (Å²) in [5.74, 6) is 2.78. The zero-order chi connectivity index (χ0) is 11.7. The van der Waals surface area contributed by atoms with Crippen molar-refractivity contribution in [2.24, 2.45) is 17.8 Å². The van der Waals surface area contributed by atoms with Gasteiger partial charge in [-0.15, -0.1) is 0 Å². The molecule has 0 N–H and O–H groups in total. The minimum atomic E-state index is 0.885. The van der Waals surface area contributed by atoms with E-state index in [0.717, 1.165) is 17.8 Å². The second kappa shape index (κ2) is 9.24. The van der Waals surface area contributed by atoms with Gasteiger partial charge in [-0.3, -0.25) is 0 Å². The molecule has 0 fully saturated rings. The Bertz CT molecular complexity index is 126. The van der Waals surface area contributed by atoms with Crippen LogP contribution in [0.5, 0.6) is 0 Å². The summed E-state index contributed by atoms with van der Waals surface area (Å²) in [4.78, 5) is 0. The molecule has 0 heteroatoms. The summed E-state index contributed by atoms with van der Waals surface area (Å²) in [6.07, 6.45) is 9.93. The summed E-state index contributed by atoms with van der Waals surface area (Å²) < 4.78 is 0. The normalized spacial score (nSPS) is 15.6. The minimum absolute atomic E-state index is 0.885. The van der Waals surface area contributed by atoms with Gasteiger partial charge in [-0.05, 0) is 17.8 Å². The van der Waals surface area contributed by atoms with Crippen molar-refractivity contribution in [3.63, 3.8) is 0 Å². The molecule has 0 bridgehead atoms. The summed E-state index contributed by atoms with van der Waals surface area (Å²) in [5, 5.41) is 0. The standard InChI is InChI=1S/C15H32/c1-6-8-14(4)11-12-15(5)10-7-9-13(2)3/h13-15H,6-12H2,1-5H3. The van der Waals surface area contributed by atoms with E-state index in [1.54, 1.807) is 0 Å². The molecule has 0 nitrogen and oxygen atoms in total. The Hall–Kier alpha value is 0. The molecule has 92 valence electrons. The van der Waals surface area contributed by atoms with E-state index in [9.17, 15) is 0 Å². The lowest BCUT2D eigenvalue weighted by Crippen LogP contribution is -2.01. The maximum Gasteiger partial charge on any atom is -0.0443 e. The van der Waals surface area contributed by atoms with Crippen LogP contribution in [0.25, 0.3) is 0 Å². The summed E-state index contributed by atoms with van der Waals surface area (Å²) >= 11 is 0. The lowest BCUT2D eigenvalue weighted by molar-refractivity contribution is 0.378. The van der Waals surface area contributed by atoms with Gasteiger partial charge in [-0.1, -0.05) is 79.6 Å². The highest BCUT2D eigenvalue weighted by Crippen LogP contribution is 2.21. The Morgan fingerprint density at radius 1 is 0.667 bits per heavy atom. The van der Waals surface area contributed by atoms with E-state index in [-0.39, 0.29) is 0 Å². The number of hydrogen-bond donors (Lipinski definition) is 0. The van der Waals surface area contributed by atoms with Gasteiger partial charge < -0.3 is 0 Å². The van der Waals surface area contributed by atoms with E-state index in [4.69, 9.17) is 0 Å². The molecule has 15 heavy (non-hydrogen) atoms. The maximum absolute atomic E-state index is 2.43. The quantitative estimate of drug-likeness (QED) is 0.462. The van der Waals surface area contributed by atoms with Crippen molar-refractivity contribution in [2.45, 2.75) is 79.6 Å². The van der Waals surface area contributed by atoms with Gasteiger partial charge in [0.1, 0.15) is 0 Å². The second-order valence-corrected chi connectivity index (χ2v) is 5.90. The topological polar surface area (TPSA) is 0 Å². The van der Waals surface area contributed by atoms with E-state index < -0.39 is 0 Å². The van der Waals surface area contributed by atoms with Gasteiger partial charge in [-0.25, -0.2) is 0 Å². The van der Waals surface area contributed by atoms with Gasteiger partial charge in [0.2, 0.25) is 0 Å². The van der Waals surface area contributed by atoms with E-state index >= 15 is 0 Å². The zero-order valence-electron chi connectivity index (χ0n) is 11.7. The molecule has 0 spiro atoms. The Balaban J connectivity index is 3.36. The van der Waals surface area contributed by atoms with Crippen molar-refractivity contribution in [2.75, 3.05) is 0 Å². The molecule has 0 aliphatic rings. The average Bonchev–Trinajstić information content (AvgIpc) is 2.14. The van der Waals surface area contributed by atoms with Crippen LogP contribution in [0.2, 0.25) is 0 Å². The number of hydrogen-bond acceptors (Lipinski definition) is 0. The fourth-order valence-electron chi connectivity index (χ4n) is 2.23. The maximum atomic E-state index is 2.43. The highest BCUT2D eigenvalue weighted by atomic mass is 14.1. The summed E-state index contributed by atoms with van der Waals surface area (Å²) in [6, 6.07) is 0. The van der Waals surface area contributed by atoms with Crippen molar-refractivity contribution in [3.8, 4) is 0 Å². The molecule has 0 aliphatic heterocycles. The van der Waals surface area contributed by atoms with Crippen LogP contribution in [0.3, 0.4) is 0 Å². The Kier molecular flexibility index (Phi) is 9.24. The first kappa shape index (κ1) is 15.0. The van der Waals surface area contributed by atoms with Crippen molar-refractivity contribution in [1.82, 2.24) is 0 Å². The monoisotopic (exact) mass is 212 g/mol. The van der Waals surface area contributed by atoms with Crippen molar-refractivity contribution in [3.05, 3.63) is 0 Å². The molecule has 0 rings (SSSR count). The average molecular weight is 212 g/mol. The largest absolute Gasteiger partial charge is 0.0654 e. The molecule has 2 unspecified atom stereocenters. The number of rotatable bonds is 9. The van der Waals surface area contributed by atoms with Crippen LogP contribution >= 0.6 is 0 Å². The van der Waals surface area contributed by atoms with Gasteiger partial charge >= 0.3 is 0 Å². The van der Waals surface area contributed by atoms with Gasteiger partial charge in [0.25, 0.3) is 0 Å². The molecule has 0 radical (unpaired) electrons. The van der Waals surface area contributed by atoms with E-state index in [1.807, 2.05) is 0 Å². The van der Waals surface area contributed by atoms with Crippen LogP contribution in [0.4, 0.5) is 0 Å². The highest BCUT2D eigenvalue weighted by Gasteiger charge is 2.06. The molecule has 0 aliphatic carbocycles. The lowest BCUT2D eigenvalue weighted by atomic mass is 9.91. The van der Waals surface area contributed by atoms with E-state index in [2.05, 4.69) is 34.6 Å². The van der Waals surface area contributed by atoms with Crippen LogP contribution in [-0.4, -0.2) is 0 Å². The van der Waals surface area contributed by atoms with Crippen LogP contribution in [-0.2, 0) is 0 Å². The molecule has 0 aromatic rings. The summed E-state index contributed by atoms with van der Waals surface area (Å²) in [6.45, 7) is 11.8.